The van der Waals surface area contributed by atoms with Crippen molar-refractivity contribution in [3.05, 3.63) is 40.9 Å². The standard InChI is InChI=1S/C17H24ClN5O.ClH/c1-5-19-12(4)10-20-17(24)15-21-16(11(2)3)23(22-15)14-9-7-6-8-13(14)18;/h6-9,11-12,19H,5,10H2,1-4H3,(H,20,24);1H/t12-;/m1./s1. The second-order valence-corrected chi connectivity index (χ2v) is 6.39. The Morgan fingerprint density at radius 3 is 2.56 bits per heavy atom. The predicted octanol–water partition coefficient (Wildman–Crippen LogP) is 3.19. The Morgan fingerprint density at radius 2 is 1.96 bits per heavy atom. The number of hydrogen-bond donors (Lipinski definition) is 2. The molecule has 0 radical (unpaired) electrons. The van der Waals surface area contributed by atoms with Crippen LogP contribution in [0.1, 0.15) is 50.1 Å². The van der Waals surface area contributed by atoms with Gasteiger partial charge in [-0.25, -0.2) is 9.67 Å². The van der Waals surface area contributed by atoms with Gasteiger partial charge in [-0.2, -0.15) is 0 Å². The molecule has 0 aliphatic rings. The lowest BCUT2D eigenvalue weighted by Crippen LogP contribution is -2.39. The molecule has 25 heavy (non-hydrogen) atoms. The molecule has 8 heteroatoms. The van der Waals surface area contributed by atoms with Gasteiger partial charge in [-0.1, -0.05) is 44.5 Å². The normalized spacial score (nSPS) is 11.9. The van der Waals surface area contributed by atoms with Gasteiger partial charge in [-0.05, 0) is 25.6 Å². The molecule has 1 aromatic heterocycles. The molecule has 2 aromatic rings. The molecule has 2 rings (SSSR count). The fraction of sp³-hybridized carbons (Fsp3) is 0.471. The van der Waals surface area contributed by atoms with Gasteiger partial charge in [0, 0.05) is 18.5 Å². The van der Waals surface area contributed by atoms with E-state index in [-0.39, 0.29) is 36.1 Å². The number of para-hydroxylation sites is 1. The first-order valence-corrected chi connectivity index (χ1v) is 8.55. The maximum atomic E-state index is 12.3. The van der Waals surface area contributed by atoms with E-state index in [4.69, 9.17) is 11.6 Å². The zero-order valence-corrected chi connectivity index (χ0v) is 16.5. The van der Waals surface area contributed by atoms with E-state index in [0.717, 1.165) is 12.2 Å². The minimum Gasteiger partial charge on any atom is -0.348 e. The summed E-state index contributed by atoms with van der Waals surface area (Å²) in [5.74, 6) is 0.679. The van der Waals surface area contributed by atoms with Crippen LogP contribution in [0, 0.1) is 0 Å². The van der Waals surface area contributed by atoms with Crippen LogP contribution in [0.25, 0.3) is 5.69 Å². The number of hydrogen-bond acceptors (Lipinski definition) is 4. The van der Waals surface area contributed by atoms with E-state index in [9.17, 15) is 4.79 Å². The van der Waals surface area contributed by atoms with Crippen LogP contribution in [0.4, 0.5) is 0 Å². The second-order valence-electron chi connectivity index (χ2n) is 5.98. The highest BCUT2D eigenvalue weighted by Gasteiger charge is 2.20. The maximum Gasteiger partial charge on any atom is 0.291 e. The summed E-state index contributed by atoms with van der Waals surface area (Å²) in [4.78, 5) is 16.8. The summed E-state index contributed by atoms with van der Waals surface area (Å²) in [7, 11) is 0. The summed E-state index contributed by atoms with van der Waals surface area (Å²) in [5, 5.41) is 11.0. The molecule has 0 aliphatic carbocycles. The number of carbonyl (C=O) groups is 1. The zero-order valence-electron chi connectivity index (χ0n) is 14.9. The van der Waals surface area contributed by atoms with Crippen molar-refractivity contribution in [3.8, 4) is 5.69 Å². The average Bonchev–Trinajstić information content (AvgIpc) is 2.99. The molecule has 0 saturated carbocycles. The first-order chi connectivity index (χ1) is 11.4. The van der Waals surface area contributed by atoms with E-state index in [1.807, 2.05) is 45.9 Å². The Morgan fingerprint density at radius 1 is 1.28 bits per heavy atom. The smallest absolute Gasteiger partial charge is 0.291 e. The molecule has 1 amide bonds. The second kappa shape index (κ2) is 9.75. The molecular weight excluding hydrogens is 361 g/mol. The summed E-state index contributed by atoms with van der Waals surface area (Å²) in [5.41, 5.74) is 0.718. The van der Waals surface area contributed by atoms with Crippen molar-refractivity contribution in [1.29, 1.82) is 0 Å². The fourth-order valence-electron chi connectivity index (χ4n) is 2.34. The number of aromatic nitrogens is 3. The Balaban J connectivity index is 0.00000312. The van der Waals surface area contributed by atoms with Crippen LogP contribution in [0.2, 0.25) is 5.02 Å². The molecule has 1 heterocycles. The SMILES string of the molecule is CCN[C@H](C)CNC(=O)c1nc(C(C)C)n(-c2ccccc2Cl)n1.Cl. The van der Waals surface area contributed by atoms with Crippen LogP contribution >= 0.6 is 24.0 Å². The topological polar surface area (TPSA) is 71.8 Å². The molecule has 1 aromatic carbocycles. The number of nitrogens with one attached hydrogen (secondary N) is 2. The molecule has 6 nitrogen and oxygen atoms in total. The molecule has 0 bridgehead atoms. The highest BCUT2D eigenvalue weighted by molar-refractivity contribution is 6.32. The molecule has 2 N–H and O–H groups in total. The Bertz CT molecular complexity index is 702. The van der Waals surface area contributed by atoms with E-state index in [1.54, 1.807) is 10.7 Å². The van der Waals surface area contributed by atoms with Crippen molar-refractivity contribution in [2.45, 2.75) is 39.7 Å². The Labute approximate surface area is 159 Å². The van der Waals surface area contributed by atoms with Crippen molar-refractivity contribution in [2.75, 3.05) is 13.1 Å². The van der Waals surface area contributed by atoms with Gasteiger partial charge in [0.15, 0.2) is 0 Å². The average molecular weight is 386 g/mol. The van der Waals surface area contributed by atoms with E-state index >= 15 is 0 Å². The minimum atomic E-state index is -0.285. The third-order valence-electron chi connectivity index (χ3n) is 3.55. The van der Waals surface area contributed by atoms with Crippen LogP contribution in [-0.4, -0.2) is 39.8 Å². The van der Waals surface area contributed by atoms with Crippen molar-refractivity contribution < 1.29 is 4.79 Å². The van der Waals surface area contributed by atoms with Gasteiger partial charge >= 0.3 is 0 Å². The van der Waals surface area contributed by atoms with Crippen molar-refractivity contribution in [1.82, 2.24) is 25.4 Å². The lowest BCUT2D eigenvalue weighted by atomic mass is 10.2. The largest absolute Gasteiger partial charge is 0.348 e. The maximum absolute atomic E-state index is 12.3. The molecule has 0 spiro atoms. The van der Waals surface area contributed by atoms with Gasteiger partial charge in [-0.3, -0.25) is 4.79 Å². The van der Waals surface area contributed by atoms with Gasteiger partial charge in [-0.15, -0.1) is 17.5 Å². The molecule has 0 unspecified atom stereocenters. The lowest BCUT2D eigenvalue weighted by molar-refractivity contribution is 0.0940. The van der Waals surface area contributed by atoms with Crippen molar-refractivity contribution >= 4 is 29.9 Å². The van der Waals surface area contributed by atoms with Crippen LogP contribution < -0.4 is 10.6 Å². The number of amides is 1. The summed E-state index contributed by atoms with van der Waals surface area (Å²) in [6.45, 7) is 9.43. The lowest BCUT2D eigenvalue weighted by Gasteiger charge is -2.11. The number of rotatable bonds is 7. The summed E-state index contributed by atoms with van der Waals surface area (Å²) >= 11 is 6.26. The number of benzene rings is 1. The molecule has 0 saturated heterocycles. The Kier molecular flexibility index (Phi) is 8.35. The third-order valence-corrected chi connectivity index (χ3v) is 3.87. The van der Waals surface area contributed by atoms with Gasteiger partial charge in [0.05, 0.1) is 10.7 Å². The number of likely N-dealkylation sites (N-methyl/N-ethyl adjacent to an activating group) is 1. The van der Waals surface area contributed by atoms with E-state index < -0.39 is 0 Å². The van der Waals surface area contributed by atoms with Gasteiger partial charge in [0.25, 0.3) is 5.91 Å². The summed E-state index contributed by atoms with van der Waals surface area (Å²) < 4.78 is 1.65. The van der Waals surface area contributed by atoms with Crippen LogP contribution in [0.5, 0.6) is 0 Å². The summed E-state index contributed by atoms with van der Waals surface area (Å²) in [6.07, 6.45) is 0. The third kappa shape index (κ3) is 5.42. The van der Waals surface area contributed by atoms with Crippen molar-refractivity contribution in [3.63, 3.8) is 0 Å². The number of halogens is 2. The minimum absolute atomic E-state index is 0. The van der Waals surface area contributed by atoms with Crippen LogP contribution in [0.3, 0.4) is 0 Å². The quantitative estimate of drug-likeness (QED) is 0.767. The zero-order chi connectivity index (χ0) is 17.7. The predicted molar refractivity (Wildman–Crippen MR) is 103 cm³/mol. The molecule has 0 fully saturated rings. The molecule has 1 atom stereocenters. The number of nitrogens with zero attached hydrogens (tertiary/aromatic N) is 3. The first-order valence-electron chi connectivity index (χ1n) is 8.17. The van der Waals surface area contributed by atoms with E-state index in [1.165, 1.54) is 0 Å². The molecular formula is C17H25Cl2N5O. The monoisotopic (exact) mass is 385 g/mol. The molecule has 0 aliphatic heterocycles. The van der Waals surface area contributed by atoms with Gasteiger partial charge < -0.3 is 10.6 Å². The first kappa shape index (κ1) is 21.4. The Hall–Kier alpha value is -1.63. The van der Waals surface area contributed by atoms with Crippen LogP contribution in [-0.2, 0) is 0 Å². The van der Waals surface area contributed by atoms with Crippen molar-refractivity contribution in [2.24, 2.45) is 0 Å². The fourth-order valence-corrected chi connectivity index (χ4v) is 2.56. The highest BCUT2D eigenvalue weighted by atomic mass is 35.5. The summed E-state index contributed by atoms with van der Waals surface area (Å²) in [6, 6.07) is 7.57. The van der Waals surface area contributed by atoms with E-state index in [0.29, 0.717) is 17.4 Å². The van der Waals surface area contributed by atoms with E-state index in [2.05, 4.69) is 20.7 Å². The number of carbonyl (C=O) groups excluding carboxylic acids is 1. The van der Waals surface area contributed by atoms with Crippen LogP contribution in [0.15, 0.2) is 24.3 Å². The van der Waals surface area contributed by atoms with Gasteiger partial charge in [0.1, 0.15) is 5.82 Å². The van der Waals surface area contributed by atoms with Gasteiger partial charge in [0.2, 0.25) is 5.82 Å². The highest BCUT2D eigenvalue weighted by Crippen LogP contribution is 2.23. The molecule has 138 valence electrons.